The highest BCUT2D eigenvalue weighted by Crippen LogP contribution is 2.71. The minimum Gasteiger partial charge on any atom is -0.482 e. The van der Waals surface area contributed by atoms with Gasteiger partial charge >= 0.3 is 11.9 Å². The van der Waals surface area contributed by atoms with Gasteiger partial charge in [-0.15, -0.1) is 0 Å². The predicted octanol–water partition coefficient (Wildman–Crippen LogP) is 5.44. The van der Waals surface area contributed by atoms with Gasteiger partial charge in [0.25, 0.3) is 0 Å². The van der Waals surface area contributed by atoms with Crippen LogP contribution in [0.2, 0.25) is 0 Å². The fraction of sp³-hybridized carbons (Fsp3) is 0.547. The number of hydrogen-bond donors (Lipinski definition) is 5. The van der Waals surface area contributed by atoms with E-state index in [4.69, 9.17) is 33.2 Å². The summed E-state index contributed by atoms with van der Waals surface area (Å²) in [6.45, 7) is 14.7. The predicted molar refractivity (Wildman–Crippen MR) is 251 cm³/mol. The Balaban J connectivity index is 1.29. The molecule has 9 rings (SSSR count). The average molecular weight is 956 g/mol. The number of aliphatic hydroxyl groups is 4. The topological polar surface area (TPSA) is 226 Å². The monoisotopic (exact) mass is 955 g/mol. The molecular formula is C53H65NO15. The number of ketones is 2. The fourth-order valence-corrected chi connectivity index (χ4v) is 11.4. The maximum absolute atomic E-state index is 16.0. The molecule has 7 aliphatic rings. The van der Waals surface area contributed by atoms with Crippen LogP contribution in [0.3, 0.4) is 0 Å². The SMILES string of the molecule is CNC12CC3C(=O)c4c(OC(=O)c5ccc(O[C@@H]6O[C@H](CO)[C@@H](O)[C@H](O)[C@H]6O)cc5)c5c(c(CC=C(C)C)c4OC34C(C1)C(C)(C)OC4(CC=C(C)C(=O)OC)C2=O)OC(C)(CCC=C(C)C)C=C5. The molecule has 16 nitrogen and oxygen atoms in total. The molecule has 0 radical (unpaired) electrons. The third-order valence-corrected chi connectivity index (χ3v) is 15.1. The summed E-state index contributed by atoms with van der Waals surface area (Å²) < 4.78 is 44.4. The smallest absolute Gasteiger partial charge is 0.343 e. The number of aliphatic hydroxyl groups excluding tert-OH is 4. The molecule has 69 heavy (non-hydrogen) atoms. The van der Waals surface area contributed by atoms with Gasteiger partial charge in [0.2, 0.25) is 6.29 Å². The quantitative estimate of drug-likeness (QED) is 0.0688. The maximum Gasteiger partial charge on any atom is 0.343 e. The molecule has 3 saturated carbocycles. The zero-order chi connectivity index (χ0) is 50.2. The van der Waals surface area contributed by atoms with Crippen molar-refractivity contribution in [3.63, 3.8) is 0 Å². The van der Waals surface area contributed by atoms with E-state index < -0.39 is 94.8 Å². The van der Waals surface area contributed by atoms with E-state index >= 15 is 9.59 Å². The molecule has 2 aromatic carbocycles. The Morgan fingerprint density at radius 2 is 1.59 bits per heavy atom. The van der Waals surface area contributed by atoms with E-state index in [9.17, 15) is 30.0 Å². The van der Waals surface area contributed by atoms with Gasteiger partial charge in [0, 0.05) is 23.5 Å². The molecule has 2 aromatic rings. The molecule has 3 aliphatic carbocycles. The van der Waals surface area contributed by atoms with E-state index in [1.54, 1.807) is 20.0 Å². The van der Waals surface area contributed by atoms with Crippen LogP contribution in [0, 0.1) is 11.8 Å². The van der Waals surface area contributed by atoms with Crippen molar-refractivity contribution in [3.8, 4) is 23.0 Å². The second kappa shape index (κ2) is 18.2. The molecule has 4 aliphatic heterocycles. The molecule has 11 atom stereocenters. The van der Waals surface area contributed by atoms with E-state index in [0.717, 1.165) is 11.1 Å². The van der Waals surface area contributed by atoms with Crippen molar-refractivity contribution in [2.75, 3.05) is 20.8 Å². The number of fused-ring (bicyclic) bond motifs is 2. The van der Waals surface area contributed by atoms with Crippen LogP contribution in [0.5, 0.6) is 23.0 Å². The van der Waals surface area contributed by atoms with Crippen LogP contribution < -0.4 is 24.3 Å². The van der Waals surface area contributed by atoms with Crippen molar-refractivity contribution in [1.29, 1.82) is 0 Å². The summed E-state index contributed by atoms with van der Waals surface area (Å²) >= 11 is 0. The second-order valence-electron chi connectivity index (χ2n) is 20.6. The number of nitrogens with one attached hydrogen (secondary N) is 1. The summed E-state index contributed by atoms with van der Waals surface area (Å²) in [5.74, 6) is -3.08. The van der Waals surface area contributed by atoms with Crippen LogP contribution in [-0.2, 0) is 30.2 Å². The Morgan fingerprint density at radius 3 is 2.23 bits per heavy atom. The summed E-state index contributed by atoms with van der Waals surface area (Å²) in [6.07, 6.45) is 3.77. The minimum atomic E-state index is -1.76. The Morgan fingerprint density at radius 1 is 0.899 bits per heavy atom. The summed E-state index contributed by atoms with van der Waals surface area (Å²) in [4.78, 5) is 58.7. The lowest BCUT2D eigenvalue weighted by Crippen LogP contribution is -2.83. The largest absolute Gasteiger partial charge is 0.482 e. The van der Waals surface area contributed by atoms with Gasteiger partial charge < -0.3 is 58.9 Å². The van der Waals surface area contributed by atoms with Gasteiger partial charge in [-0.3, -0.25) is 9.59 Å². The first kappa shape index (κ1) is 50.2. The zero-order valence-corrected chi connectivity index (χ0v) is 41.0. The number of likely N-dealkylation sites (N-methyl/N-ethyl adjacent to an activating group) is 1. The van der Waals surface area contributed by atoms with Crippen LogP contribution in [0.4, 0.5) is 0 Å². The van der Waals surface area contributed by atoms with E-state index in [0.29, 0.717) is 36.1 Å². The average Bonchev–Trinajstić information content (AvgIpc) is 3.47. The van der Waals surface area contributed by atoms with Gasteiger partial charge in [-0.2, -0.15) is 0 Å². The van der Waals surface area contributed by atoms with Crippen molar-refractivity contribution >= 4 is 29.6 Å². The standard InChI is InChI=1S/C53H65NO15/c1-27(2)12-11-21-50(8)22-20-33-42(67-50)32(18-13-28(3)4)44-37(43(33)66-46(61)30-14-16-31(17-15-30)64-47-41(59)40(58)39(57)35(26-55)65-47)38(56)34-24-51(54-9)25-36-49(6,7)69-52(48(51)62,53(34,36)68-44)23-19-29(5)45(60)63-10/h12-17,19-20,22,34-36,39-41,47,54-55,57-59H,11,18,21,23-26H2,1-10H3/t34?,35-,36?,39-,40+,41-,47-,50?,51?,52?,53?/m1/s1. The van der Waals surface area contributed by atoms with Crippen molar-refractivity contribution in [2.45, 2.75) is 153 Å². The molecule has 1 spiro atoms. The first-order valence-electron chi connectivity index (χ1n) is 23.6. The lowest BCUT2D eigenvalue weighted by Gasteiger charge is -2.64. The minimum absolute atomic E-state index is 0.0266. The van der Waals surface area contributed by atoms with Crippen LogP contribution in [0.1, 0.15) is 119 Å². The van der Waals surface area contributed by atoms with Crippen LogP contribution >= 0.6 is 0 Å². The van der Waals surface area contributed by atoms with Crippen molar-refractivity contribution < 1.29 is 72.8 Å². The van der Waals surface area contributed by atoms with Crippen LogP contribution in [0.15, 0.2) is 65.3 Å². The highest BCUT2D eigenvalue weighted by molar-refractivity contribution is 6.12. The van der Waals surface area contributed by atoms with E-state index in [-0.39, 0.29) is 59.0 Å². The number of benzene rings is 2. The number of carbonyl (C=O) groups is 4. The number of rotatable bonds is 14. The number of methoxy groups -OCH3 is 1. The zero-order valence-electron chi connectivity index (χ0n) is 41.0. The van der Waals surface area contributed by atoms with Gasteiger partial charge in [-0.25, -0.2) is 9.59 Å². The maximum atomic E-state index is 16.0. The molecule has 0 aromatic heterocycles. The number of ether oxygens (including phenoxy) is 7. The summed E-state index contributed by atoms with van der Waals surface area (Å²) in [7, 11) is 2.98. The third kappa shape index (κ3) is 8.15. The van der Waals surface area contributed by atoms with E-state index in [2.05, 4.69) is 11.4 Å². The van der Waals surface area contributed by atoms with Crippen molar-refractivity contribution in [2.24, 2.45) is 11.8 Å². The molecule has 5 N–H and O–H groups in total. The molecule has 372 valence electrons. The van der Waals surface area contributed by atoms with Crippen molar-refractivity contribution in [3.05, 3.63) is 87.5 Å². The van der Waals surface area contributed by atoms with Crippen LogP contribution in [-0.4, -0.2) is 123 Å². The molecule has 4 bridgehead atoms. The van der Waals surface area contributed by atoms with E-state index in [1.165, 1.54) is 31.4 Å². The summed E-state index contributed by atoms with van der Waals surface area (Å²) in [5, 5.41) is 44.0. The first-order chi connectivity index (χ1) is 32.5. The van der Waals surface area contributed by atoms with Crippen molar-refractivity contribution in [1.82, 2.24) is 5.32 Å². The molecular weight excluding hydrogens is 891 g/mol. The van der Waals surface area contributed by atoms with Crippen LogP contribution in [0.25, 0.3) is 6.08 Å². The molecule has 2 saturated heterocycles. The van der Waals surface area contributed by atoms with Gasteiger partial charge in [-0.05, 0) is 131 Å². The Labute approximate surface area is 402 Å². The fourth-order valence-electron chi connectivity index (χ4n) is 11.4. The number of Topliss-reactive ketones (excluding diaryl/α,β-unsaturated/α-hetero) is 2. The van der Waals surface area contributed by atoms with Gasteiger partial charge in [-0.1, -0.05) is 29.4 Å². The lowest BCUT2D eigenvalue weighted by atomic mass is 9.44. The first-order valence-corrected chi connectivity index (χ1v) is 23.6. The number of carbonyl (C=O) groups excluding carboxylic acids is 4. The van der Waals surface area contributed by atoms with E-state index in [1.807, 2.05) is 66.7 Å². The number of allylic oxidation sites excluding steroid dienone is 4. The highest BCUT2D eigenvalue weighted by atomic mass is 16.7. The Bertz CT molecular complexity index is 2550. The van der Waals surface area contributed by atoms with Gasteiger partial charge in [0.15, 0.2) is 28.5 Å². The third-order valence-electron chi connectivity index (χ3n) is 15.1. The lowest BCUT2D eigenvalue weighted by molar-refractivity contribution is -0.277. The highest BCUT2D eigenvalue weighted by Gasteiger charge is 2.86. The summed E-state index contributed by atoms with van der Waals surface area (Å²) in [6, 6.07) is 5.67. The van der Waals surface area contributed by atoms with Gasteiger partial charge in [0.1, 0.15) is 52.8 Å². The van der Waals surface area contributed by atoms with Gasteiger partial charge in [0.05, 0.1) is 41.9 Å². The molecule has 6 unspecified atom stereocenters. The normalized spacial score (nSPS) is 33.5. The molecule has 0 amide bonds. The molecule has 5 fully saturated rings. The molecule has 16 heteroatoms. The molecule has 4 heterocycles. The Hall–Kier alpha value is -5.20. The number of hydrogen-bond acceptors (Lipinski definition) is 16. The summed E-state index contributed by atoms with van der Waals surface area (Å²) in [5.41, 5.74) is -3.01. The second-order valence-corrected chi connectivity index (χ2v) is 20.6. The number of esters is 2. The Kier molecular flexibility index (Phi) is 13.2.